The number of benzene rings is 1. The van der Waals surface area contributed by atoms with Crippen molar-refractivity contribution in [3.05, 3.63) is 35.1 Å². The number of ether oxygens (including phenoxy) is 1. The number of halogens is 1. The molecule has 104 valence electrons. The van der Waals surface area contributed by atoms with Crippen LogP contribution < -0.4 is 5.32 Å². The van der Waals surface area contributed by atoms with E-state index in [-0.39, 0.29) is 11.5 Å². The second-order valence-electron chi connectivity index (χ2n) is 5.11. The predicted octanol–water partition coefficient (Wildman–Crippen LogP) is 2.68. The molecule has 3 nitrogen and oxygen atoms in total. The second-order valence-corrected chi connectivity index (χ2v) is 5.11. The predicted molar refractivity (Wildman–Crippen MR) is 71.6 cm³/mol. The minimum atomic E-state index is -0.470. The van der Waals surface area contributed by atoms with Crippen molar-refractivity contribution in [3.8, 4) is 0 Å². The highest BCUT2D eigenvalue weighted by molar-refractivity contribution is 5.94. The summed E-state index contributed by atoms with van der Waals surface area (Å²) in [5.74, 6) is -0.0709. The normalized spacial score (nSPS) is 14.4. The Morgan fingerprint density at radius 1 is 1.47 bits per heavy atom. The Morgan fingerprint density at radius 3 is 2.95 bits per heavy atom. The average molecular weight is 265 g/mol. The van der Waals surface area contributed by atoms with Crippen molar-refractivity contribution in [2.75, 3.05) is 19.8 Å². The van der Waals surface area contributed by atoms with Gasteiger partial charge in [-0.05, 0) is 49.8 Å². The highest BCUT2D eigenvalue weighted by Crippen LogP contribution is 2.28. The fourth-order valence-electron chi connectivity index (χ4n) is 1.81. The van der Waals surface area contributed by atoms with Gasteiger partial charge in [0.1, 0.15) is 5.82 Å². The monoisotopic (exact) mass is 265 g/mol. The summed E-state index contributed by atoms with van der Waals surface area (Å²) in [7, 11) is 0. The Kier molecular flexibility index (Phi) is 4.91. The maximum Gasteiger partial charge on any atom is 0.254 e. The Labute approximate surface area is 113 Å². The molecule has 1 aromatic rings. The van der Waals surface area contributed by atoms with E-state index >= 15 is 0 Å². The van der Waals surface area contributed by atoms with E-state index in [4.69, 9.17) is 4.74 Å². The topological polar surface area (TPSA) is 38.3 Å². The molecule has 1 saturated carbocycles. The molecule has 1 amide bonds. The minimum Gasteiger partial charge on any atom is -0.381 e. The fourth-order valence-corrected chi connectivity index (χ4v) is 1.81. The quantitative estimate of drug-likeness (QED) is 0.770. The van der Waals surface area contributed by atoms with Gasteiger partial charge in [-0.1, -0.05) is 6.07 Å². The van der Waals surface area contributed by atoms with Crippen LogP contribution in [0.5, 0.6) is 0 Å². The summed E-state index contributed by atoms with van der Waals surface area (Å²) < 4.78 is 19.0. The number of hydrogen-bond acceptors (Lipinski definition) is 2. The van der Waals surface area contributed by atoms with Gasteiger partial charge in [-0.2, -0.15) is 0 Å². The van der Waals surface area contributed by atoms with Gasteiger partial charge in [0, 0.05) is 19.8 Å². The number of amides is 1. The molecule has 1 N–H and O–H groups in total. The summed E-state index contributed by atoms with van der Waals surface area (Å²) in [6.07, 6.45) is 3.32. The molecule has 1 aromatic carbocycles. The molecule has 1 aliphatic rings. The molecule has 0 radical (unpaired) electrons. The van der Waals surface area contributed by atoms with E-state index in [0.717, 1.165) is 24.5 Å². The minimum absolute atomic E-state index is 0.101. The zero-order valence-corrected chi connectivity index (χ0v) is 11.2. The number of carbonyl (C=O) groups is 1. The van der Waals surface area contributed by atoms with Crippen molar-refractivity contribution in [2.24, 2.45) is 5.92 Å². The van der Waals surface area contributed by atoms with Crippen LogP contribution in [-0.4, -0.2) is 25.7 Å². The molecule has 0 aliphatic heterocycles. The lowest BCUT2D eigenvalue weighted by atomic mass is 10.1. The van der Waals surface area contributed by atoms with Crippen molar-refractivity contribution in [2.45, 2.75) is 26.2 Å². The fraction of sp³-hybridized carbons (Fsp3) is 0.533. The molecular formula is C15H20FNO2. The van der Waals surface area contributed by atoms with Crippen LogP contribution in [0.4, 0.5) is 4.39 Å². The first-order chi connectivity index (χ1) is 9.16. The Balaban J connectivity index is 1.65. The van der Waals surface area contributed by atoms with E-state index in [0.29, 0.717) is 13.2 Å². The van der Waals surface area contributed by atoms with E-state index in [2.05, 4.69) is 5.32 Å². The smallest absolute Gasteiger partial charge is 0.254 e. The number of rotatable bonds is 7. The lowest BCUT2D eigenvalue weighted by molar-refractivity contribution is 0.0933. The summed E-state index contributed by atoms with van der Waals surface area (Å²) in [6.45, 7) is 3.78. The third kappa shape index (κ3) is 4.63. The van der Waals surface area contributed by atoms with Crippen LogP contribution in [0.1, 0.15) is 35.2 Å². The third-order valence-electron chi connectivity index (χ3n) is 3.17. The zero-order valence-electron chi connectivity index (χ0n) is 11.2. The first kappa shape index (κ1) is 14.0. The Morgan fingerprint density at radius 2 is 2.26 bits per heavy atom. The second kappa shape index (κ2) is 6.66. The van der Waals surface area contributed by atoms with Gasteiger partial charge in [-0.25, -0.2) is 4.39 Å². The molecule has 1 aliphatic carbocycles. The molecule has 1 fully saturated rings. The number of hydrogen-bond donors (Lipinski definition) is 1. The van der Waals surface area contributed by atoms with Crippen LogP contribution in [0.2, 0.25) is 0 Å². The van der Waals surface area contributed by atoms with Crippen molar-refractivity contribution < 1.29 is 13.9 Å². The van der Waals surface area contributed by atoms with Crippen LogP contribution in [0, 0.1) is 18.7 Å². The maximum absolute atomic E-state index is 13.5. The molecule has 0 bridgehead atoms. The molecule has 0 unspecified atom stereocenters. The number of nitrogens with one attached hydrogen (secondary N) is 1. The lowest BCUT2D eigenvalue weighted by Crippen LogP contribution is -2.26. The third-order valence-corrected chi connectivity index (χ3v) is 3.17. The van der Waals surface area contributed by atoms with E-state index < -0.39 is 5.82 Å². The SMILES string of the molecule is Cc1ccc(C(=O)NCCCOCC2CC2)c(F)c1. The van der Waals surface area contributed by atoms with Crippen molar-refractivity contribution in [1.29, 1.82) is 0 Å². The lowest BCUT2D eigenvalue weighted by Gasteiger charge is -2.07. The molecule has 0 heterocycles. The Bertz CT molecular complexity index is 444. The highest BCUT2D eigenvalue weighted by Gasteiger charge is 2.20. The maximum atomic E-state index is 13.5. The van der Waals surface area contributed by atoms with Crippen LogP contribution in [-0.2, 0) is 4.74 Å². The summed E-state index contributed by atoms with van der Waals surface area (Å²) in [5.41, 5.74) is 0.909. The number of aryl methyl sites for hydroxylation is 1. The molecule has 0 aromatic heterocycles. The molecule has 2 rings (SSSR count). The largest absolute Gasteiger partial charge is 0.381 e. The summed E-state index contributed by atoms with van der Waals surface area (Å²) >= 11 is 0. The summed E-state index contributed by atoms with van der Waals surface area (Å²) in [6, 6.07) is 4.62. The van der Waals surface area contributed by atoms with Crippen molar-refractivity contribution in [1.82, 2.24) is 5.32 Å². The standard InChI is InChI=1S/C15H20FNO2/c1-11-3-6-13(14(16)9-11)15(18)17-7-2-8-19-10-12-4-5-12/h3,6,9,12H,2,4-5,7-8,10H2,1H3,(H,17,18). The van der Waals surface area contributed by atoms with E-state index in [1.165, 1.54) is 25.0 Å². The van der Waals surface area contributed by atoms with Gasteiger partial charge in [0.15, 0.2) is 0 Å². The summed E-state index contributed by atoms with van der Waals surface area (Å²) in [5, 5.41) is 2.70. The van der Waals surface area contributed by atoms with Gasteiger partial charge < -0.3 is 10.1 Å². The van der Waals surface area contributed by atoms with Gasteiger partial charge in [0.25, 0.3) is 5.91 Å². The highest BCUT2D eigenvalue weighted by atomic mass is 19.1. The first-order valence-electron chi connectivity index (χ1n) is 6.79. The zero-order chi connectivity index (χ0) is 13.7. The van der Waals surface area contributed by atoms with Crippen molar-refractivity contribution >= 4 is 5.91 Å². The van der Waals surface area contributed by atoms with Gasteiger partial charge in [-0.3, -0.25) is 4.79 Å². The van der Waals surface area contributed by atoms with E-state index in [9.17, 15) is 9.18 Å². The van der Waals surface area contributed by atoms with Crippen LogP contribution in [0.15, 0.2) is 18.2 Å². The van der Waals surface area contributed by atoms with Crippen molar-refractivity contribution in [3.63, 3.8) is 0 Å². The van der Waals surface area contributed by atoms with Gasteiger partial charge in [0.05, 0.1) is 5.56 Å². The Hall–Kier alpha value is -1.42. The van der Waals surface area contributed by atoms with Gasteiger partial charge >= 0.3 is 0 Å². The molecular weight excluding hydrogens is 245 g/mol. The van der Waals surface area contributed by atoms with E-state index in [1.807, 2.05) is 0 Å². The van der Waals surface area contributed by atoms with E-state index in [1.54, 1.807) is 13.0 Å². The van der Waals surface area contributed by atoms with Crippen LogP contribution >= 0.6 is 0 Å². The molecule has 4 heteroatoms. The molecule has 0 spiro atoms. The van der Waals surface area contributed by atoms with Gasteiger partial charge in [0.2, 0.25) is 0 Å². The van der Waals surface area contributed by atoms with Gasteiger partial charge in [-0.15, -0.1) is 0 Å². The average Bonchev–Trinajstić information content (AvgIpc) is 3.17. The first-order valence-corrected chi connectivity index (χ1v) is 6.79. The molecule has 0 saturated heterocycles. The van der Waals surface area contributed by atoms with Crippen LogP contribution in [0.3, 0.4) is 0 Å². The van der Waals surface area contributed by atoms with Crippen LogP contribution in [0.25, 0.3) is 0 Å². The summed E-state index contributed by atoms with van der Waals surface area (Å²) in [4.78, 5) is 11.7. The molecule has 19 heavy (non-hydrogen) atoms. The number of carbonyl (C=O) groups excluding carboxylic acids is 1. The molecule has 0 atom stereocenters.